The third kappa shape index (κ3) is 49.6. The van der Waals surface area contributed by atoms with Crippen LogP contribution in [0, 0.1) is 0 Å². The van der Waals surface area contributed by atoms with Gasteiger partial charge in [-0.15, -0.1) is 0 Å². The summed E-state index contributed by atoms with van der Waals surface area (Å²) < 4.78 is 5.47. The van der Waals surface area contributed by atoms with E-state index in [1.54, 1.807) is 0 Å². The van der Waals surface area contributed by atoms with Crippen molar-refractivity contribution in [3.05, 3.63) is 24.3 Å². The second-order valence-corrected chi connectivity index (χ2v) is 19.3. The molecular formula is C57H109NO5. The predicted molar refractivity (Wildman–Crippen MR) is 273 cm³/mol. The zero-order chi connectivity index (χ0) is 45.8. The molecule has 0 rings (SSSR count). The maximum absolute atomic E-state index is 12.5. The molecule has 0 radical (unpaired) electrons. The normalized spacial score (nSPS) is 12.8. The van der Waals surface area contributed by atoms with Gasteiger partial charge in [-0.05, 0) is 57.8 Å². The molecule has 0 spiro atoms. The summed E-state index contributed by atoms with van der Waals surface area (Å²) in [4.78, 5) is 24.6. The minimum absolute atomic E-state index is 0.0255. The molecule has 0 aliphatic carbocycles. The van der Waals surface area contributed by atoms with Gasteiger partial charge in [-0.25, -0.2) is 0 Å². The molecule has 2 unspecified atom stereocenters. The Bertz CT molecular complexity index is 982. The van der Waals surface area contributed by atoms with Crippen LogP contribution in [0.2, 0.25) is 0 Å². The first-order valence-electron chi connectivity index (χ1n) is 28.1. The fraction of sp³-hybridized carbons (Fsp3) is 0.895. The maximum atomic E-state index is 12.5. The Labute approximate surface area is 392 Å². The van der Waals surface area contributed by atoms with E-state index in [0.717, 1.165) is 64.2 Å². The molecule has 0 heterocycles. The molecule has 0 bridgehead atoms. The van der Waals surface area contributed by atoms with Crippen LogP contribution in [0.15, 0.2) is 24.3 Å². The molecule has 6 heteroatoms. The Morgan fingerprint density at radius 2 is 0.794 bits per heavy atom. The van der Waals surface area contributed by atoms with Gasteiger partial charge in [-0.2, -0.15) is 0 Å². The number of aliphatic hydroxyl groups is 2. The molecule has 1 amide bonds. The highest BCUT2D eigenvalue weighted by Crippen LogP contribution is 2.17. The summed E-state index contributed by atoms with van der Waals surface area (Å²) in [6.45, 7) is 4.90. The molecule has 0 aromatic heterocycles. The molecule has 0 aromatic rings. The van der Waals surface area contributed by atoms with Gasteiger partial charge >= 0.3 is 5.97 Å². The Morgan fingerprint density at radius 1 is 0.444 bits per heavy atom. The van der Waals surface area contributed by atoms with Gasteiger partial charge in [0.25, 0.3) is 0 Å². The van der Waals surface area contributed by atoms with Crippen LogP contribution in [0.5, 0.6) is 0 Å². The summed E-state index contributed by atoms with van der Waals surface area (Å²) in [5.41, 5.74) is 0. The van der Waals surface area contributed by atoms with Gasteiger partial charge in [0.2, 0.25) is 5.91 Å². The van der Waals surface area contributed by atoms with E-state index < -0.39 is 12.1 Å². The number of unbranched alkanes of at least 4 members (excludes halogenated alkanes) is 37. The van der Waals surface area contributed by atoms with E-state index in [9.17, 15) is 19.8 Å². The number of aliphatic hydroxyl groups excluding tert-OH is 2. The number of carbonyl (C=O) groups excluding carboxylic acids is 2. The average Bonchev–Trinajstić information content (AvgIpc) is 3.28. The number of carbonyl (C=O) groups is 2. The number of allylic oxidation sites excluding steroid dienone is 4. The minimum atomic E-state index is -0.680. The summed E-state index contributed by atoms with van der Waals surface area (Å²) in [6, 6.07) is -0.559. The van der Waals surface area contributed by atoms with Crippen LogP contribution >= 0.6 is 0 Å². The van der Waals surface area contributed by atoms with Gasteiger partial charge < -0.3 is 20.3 Å². The Balaban J connectivity index is 3.47. The second kappa shape index (κ2) is 53.0. The highest BCUT2D eigenvalue weighted by Gasteiger charge is 2.20. The lowest BCUT2D eigenvalue weighted by Gasteiger charge is -2.22. The Hall–Kier alpha value is -1.66. The third-order valence-corrected chi connectivity index (χ3v) is 13.0. The SMILES string of the molecule is CCCCCC/C=C\C/C=C\CCCCCCCCCC(=O)OCCCCCCCCCCCCC(=O)NC(CO)C(O)CCCCCCCCCCCCCCCCCCCC. The van der Waals surface area contributed by atoms with Crippen LogP contribution in [0.25, 0.3) is 0 Å². The van der Waals surface area contributed by atoms with E-state index in [4.69, 9.17) is 4.74 Å². The van der Waals surface area contributed by atoms with Gasteiger partial charge in [0.15, 0.2) is 0 Å². The molecule has 0 aliphatic rings. The molecule has 63 heavy (non-hydrogen) atoms. The van der Waals surface area contributed by atoms with Crippen molar-refractivity contribution >= 4 is 11.9 Å². The zero-order valence-electron chi connectivity index (χ0n) is 42.3. The van der Waals surface area contributed by atoms with Crippen LogP contribution in [0.4, 0.5) is 0 Å². The van der Waals surface area contributed by atoms with Crippen LogP contribution in [-0.2, 0) is 14.3 Å². The van der Waals surface area contributed by atoms with Gasteiger partial charge in [-0.3, -0.25) is 9.59 Å². The van der Waals surface area contributed by atoms with Crippen LogP contribution in [0.3, 0.4) is 0 Å². The van der Waals surface area contributed by atoms with E-state index in [-0.39, 0.29) is 18.5 Å². The first-order chi connectivity index (χ1) is 31.0. The van der Waals surface area contributed by atoms with Crippen LogP contribution in [-0.4, -0.2) is 47.4 Å². The molecule has 0 saturated heterocycles. The number of hydrogen-bond acceptors (Lipinski definition) is 5. The van der Waals surface area contributed by atoms with Crippen LogP contribution in [0.1, 0.15) is 303 Å². The lowest BCUT2D eigenvalue weighted by Crippen LogP contribution is -2.45. The number of nitrogens with one attached hydrogen (secondary N) is 1. The molecule has 6 nitrogen and oxygen atoms in total. The molecular weight excluding hydrogens is 779 g/mol. The van der Waals surface area contributed by atoms with Gasteiger partial charge in [0, 0.05) is 12.8 Å². The van der Waals surface area contributed by atoms with E-state index in [1.807, 2.05) is 0 Å². The zero-order valence-corrected chi connectivity index (χ0v) is 42.3. The smallest absolute Gasteiger partial charge is 0.305 e. The van der Waals surface area contributed by atoms with E-state index in [2.05, 4.69) is 43.5 Å². The molecule has 0 fully saturated rings. The average molecular weight is 889 g/mol. The summed E-state index contributed by atoms with van der Waals surface area (Å²) >= 11 is 0. The van der Waals surface area contributed by atoms with Crippen molar-refractivity contribution in [3.8, 4) is 0 Å². The number of ether oxygens (including phenoxy) is 1. The van der Waals surface area contributed by atoms with Gasteiger partial charge in [-0.1, -0.05) is 256 Å². The molecule has 372 valence electrons. The fourth-order valence-electron chi connectivity index (χ4n) is 8.67. The van der Waals surface area contributed by atoms with Crippen molar-refractivity contribution in [1.82, 2.24) is 5.32 Å². The summed E-state index contributed by atoms with van der Waals surface area (Å²) in [6.07, 6.45) is 62.9. The first-order valence-corrected chi connectivity index (χ1v) is 28.1. The number of amides is 1. The summed E-state index contributed by atoms with van der Waals surface area (Å²) in [7, 11) is 0. The van der Waals surface area contributed by atoms with E-state index in [1.165, 1.54) is 205 Å². The number of esters is 1. The second-order valence-electron chi connectivity index (χ2n) is 19.3. The van der Waals surface area contributed by atoms with Crippen LogP contribution < -0.4 is 5.32 Å². The molecule has 2 atom stereocenters. The van der Waals surface area contributed by atoms with Gasteiger partial charge in [0.1, 0.15) is 0 Å². The Kier molecular flexibility index (Phi) is 51.6. The Morgan fingerprint density at radius 3 is 1.22 bits per heavy atom. The third-order valence-electron chi connectivity index (χ3n) is 13.0. The van der Waals surface area contributed by atoms with Crippen molar-refractivity contribution in [3.63, 3.8) is 0 Å². The fourth-order valence-corrected chi connectivity index (χ4v) is 8.67. The number of hydrogen-bond donors (Lipinski definition) is 3. The summed E-state index contributed by atoms with van der Waals surface area (Å²) in [5, 5.41) is 23.3. The van der Waals surface area contributed by atoms with Crippen molar-refractivity contribution in [2.45, 2.75) is 315 Å². The highest BCUT2D eigenvalue weighted by atomic mass is 16.5. The first kappa shape index (κ1) is 61.3. The van der Waals surface area contributed by atoms with Crippen molar-refractivity contribution in [1.29, 1.82) is 0 Å². The quantitative estimate of drug-likeness (QED) is 0.0321. The number of rotatable bonds is 52. The standard InChI is InChI=1S/C57H109NO5/c1-3-5-7-9-11-13-15-17-19-21-23-25-27-29-33-37-41-45-49-55(60)54(53-59)58-56(61)50-46-42-38-34-31-32-36-40-44-48-52-63-57(62)51-47-43-39-35-30-28-26-24-22-20-18-16-14-12-10-8-6-4-2/h14,16,20,22,54-55,59-60H,3-13,15,17-19,21,23-53H2,1-2H3,(H,58,61)/b16-14-,22-20-. The largest absolute Gasteiger partial charge is 0.466 e. The lowest BCUT2D eigenvalue weighted by molar-refractivity contribution is -0.143. The lowest BCUT2D eigenvalue weighted by atomic mass is 10.0. The minimum Gasteiger partial charge on any atom is -0.466 e. The summed E-state index contributed by atoms with van der Waals surface area (Å²) in [5.74, 6) is -0.0818. The van der Waals surface area contributed by atoms with E-state index >= 15 is 0 Å². The van der Waals surface area contributed by atoms with E-state index in [0.29, 0.717) is 25.9 Å². The van der Waals surface area contributed by atoms with Crippen molar-refractivity contribution in [2.75, 3.05) is 13.2 Å². The van der Waals surface area contributed by atoms with Crippen molar-refractivity contribution < 1.29 is 24.5 Å². The molecule has 3 N–H and O–H groups in total. The highest BCUT2D eigenvalue weighted by molar-refractivity contribution is 5.76. The maximum Gasteiger partial charge on any atom is 0.305 e. The molecule has 0 aliphatic heterocycles. The molecule has 0 saturated carbocycles. The predicted octanol–water partition coefficient (Wildman–Crippen LogP) is 17.1. The van der Waals surface area contributed by atoms with Gasteiger partial charge in [0.05, 0.1) is 25.4 Å². The monoisotopic (exact) mass is 888 g/mol. The van der Waals surface area contributed by atoms with Crippen molar-refractivity contribution in [2.24, 2.45) is 0 Å². The topological polar surface area (TPSA) is 95.9 Å². The molecule has 0 aromatic carbocycles.